The zero-order valence-electron chi connectivity index (χ0n) is 10.4. The topological polar surface area (TPSA) is 126 Å². The molecule has 1 aromatic rings. The Hall–Kier alpha value is -1.96. The van der Waals surface area contributed by atoms with Crippen molar-refractivity contribution in [2.24, 2.45) is 17.4 Å². The molecule has 1 heterocycles. The normalized spacial score (nSPS) is 12.2. The molecule has 0 bridgehead atoms. The Balaban J connectivity index is 3.01. The summed E-state index contributed by atoms with van der Waals surface area (Å²) in [6.07, 6.45) is 0.420. The van der Waals surface area contributed by atoms with Crippen LogP contribution in [0, 0.1) is 5.92 Å². The van der Waals surface area contributed by atoms with Crippen molar-refractivity contribution >= 4 is 11.9 Å². The van der Waals surface area contributed by atoms with E-state index in [2.05, 4.69) is 15.0 Å². The van der Waals surface area contributed by atoms with E-state index in [1.807, 2.05) is 0 Å². The van der Waals surface area contributed by atoms with Gasteiger partial charge in [-0.05, 0) is 6.54 Å². The minimum Gasteiger partial charge on any atom is -0.464 e. The van der Waals surface area contributed by atoms with Crippen LogP contribution in [0.2, 0.25) is 0 Å². The van der Waals surface area contributed by atoms with Gasteiger partial charge in [0.2, 0.25) is 5.91 Å². The first-order valence-electron chi connectivity index (χ1n) is 5.51. The summed E-state index contributed by atoms with van der Waals surface area (Å²) in [5.41, 5.74) is 11.3. The molecule has 0 aliphatic heterocycles. The number of methoxy groups -OCH3 is 1. The van der Waals surface area contributed by atoms with Crippen molar-refractivity contribution in [2.45, 2.75) is 19.9 Å². The number of ether oxygens (including phenoxy) is 1. The molecule has 0 spiro atoms. The first-order valence-corrected chi connectivity index (χ1v) is 5.51. The molecule has 8 heteroatoms. The van der Waals surface area contributed by atoms with Crippen molar-refractivity contribution in [3.8, 4) is 0 Å². The van der Waals surface area contributed by atoms with Gasteiger partial charge in [-0.3, -0.25) is 4.79 Å². The number of amides is 1. The standard InChI is InChI=1S/C10H17N5O3/c1-6(9(12)16)5-15-7(3-4-11)8(13-14-15)10(17)18-2/h6H,3-5,11H2,1-2H3,(H2,12,16). The Labute approximate surface area is 104 Å². The lowest BCUT2D eigenvalue weighted by Gasteiger charge is -2.10. The van der Waals surface area contributed by atoms with Crippen LogP contribution in [0.3, 0.4) is 0 Å². The number of aromatic nitrogens is 3. The summed E-state index contributed by atoms with van der Waals surface area (Å²) in [6, 6.07) is 0. The fraction of sp³-hybridized carbons (Fsp3) is 0.600. The molecule has 0 fully saturated rings. The van der Waals surface area contributed by atoms with Crippen LogP contribution < -0.4 is 11.5 Å². The summed E-state index contributed by atoms with van der Waals surface area (Å²) in [6.45, 7) is 2.27. The highest BCUT2D eigenvalue weighted by atomic mass is 16.5. The molecule has 1 unspecified atom stereocenters. The molecule has 1 amide bonds. The molecule has 0 saturated heterocycles. The second-order valence-electron chi connectivity index (χ2n) is 3.90. The zero-order chi connectivity index (χ0) is 13.7. The van der Waals surface area contributed by atoms with E-state index in [4.69, 9.17) is 11.5 Å². The second kappa shape index (κ2) is 6.10. The Morgan fingerprint density at radius 3 is 2.67 bits per heavy atom. The number of rotatable bonds is 6. The molecular formula is C10H17N5O3. The summed E-state index contributed by atoms with van der Waals surface area (Å²) in [4.78, 5) is 22.5. The Morgan fingerprint density at radius 2 is 2.17 bits per heavy atom. The van der Waals surface area contributed by atoms with Crippen molar-refractivity contribution in [1.29, 1.82) is 0 Å². The van der Waals surface area contributed by atoms with Crippen LogP contribution in [0.15, 0.2) is 0 Å². The SMILES string of the molecule is COC(=O)c1nnn(CC(C)C(N)=O)c1CCN. The van der Waals surface area contributed by atoms with Gasteiger partial charge in [-0.2, -0.15) is 0 Å². The third-order valence-electron chi connectivity index (χ3n) is 2.53. The number of nitrogens with two attached hydrogens (primary N) is 2. The number of carbonyl (C=O) groups is 2. The van der Waals surface area contributed by atoms with Crippen LogP contribution >= 0.6 is 0 Å². The Kier molecular flexibility index (Phi) is 4.78. The van der Waals surface area contributed by atoms with E-state index in [0.29, 0.717) is 18.7 Å². The summed E-state index contributed by atoms with van der Waals surface area (Å²) in [7, 11) is 1.26. The fourth-order valence-corrected chi connectivity index (χ4v) is 1.47. The zero-order valence-corrected chi connectivity index (χ0v) is 10.4. The molecule has 1 atom stereocenters. The average molecular weight is 255 g/mol. The average Bonchev–Trinajstić information content (AvgIpc) is 2.72. The molecule has 18 heavy (non-hydrogen) atoms. The lowest BCUT2D eigenvalue weighted by molar-refractivity contribution is -0.121. The van der Waals surface area contributed by atoms with Crippen molar-refractivity contribution < 1.29 is 14.3 Å². The first-order chi connectivity index (χ1) is 8.51. The molecule has 8 nitrogen and oxygen atoms in total. The number of carbonyl (C=O) groups excluding carboxylic acids is 2. The van der Waals surface area contributed by atoms with Gasteiger partial charge in [-0.15, -0.1) is 5.10 Å². The van der Waals surface area contributed by atoms with E-state index < -0.39 is 17.8 Å². The van der Waals surface area contributed by atoms with E-state index in [0.717, 1.165) is 0 Å². The quantitative estimate of drug-likeness (QED) is 0.607. The van der Waals surface area contributed by atoms with Crippen LogP contribution in [-0.2, 0) is 22.5 Å². The molecule has 0 aromatic carbocycles. The molecule has 100 valence electrons. The molecule has 1 rings (SSSR count). The highest BCUT2D eigenvalue weighted by Crippen LogP contribution is 2.10. The number of primary amides is 1. The summed E-state index contributed by atoms with van der Waals surface area (Å²) in [5, 5.41) is 7.58. The highest BCUT2D eigenvalue weighted by Gasteiger charge is 2.21. The van der Waals surface area contributed by atoms with Crippen molar-refractivity contribution in [2.75, 3.05) is 13.7 Å². The van der Waals surface area contributed by atoms with Gasteiger partial charge in [0.15, 0.2) is 5.69 Å². The van der Waals surface area contributed by atoms with Gasteiger partial charge in [-0.1, -0.05) is 12.1 Å². The van der Waals surface area contributed by atoms with Crippen molar-refractivity contribution in [3.05, 3.63) is 11.4 Å². The summed E-state index contributed by atoms with van der Waals surface area (Å²) < 4.78 is 6.07. The van der Waals surface area contributed by atoms with E-state index in [1.165, 1.54) is 11.8 Å². The second-order valence-corrected chi connectivity index (χ2v) is 3.90. The van der Waals surface area contributed by atoms with Gasteiger partial charge in [0, 0.05) is 6.42 Å². The lowest BCUT2D eigenvalue weighted by Crippen LogP contribution is -2.26. The van der Waals surface area contributed by atoms with E-state index in [9.17, 15) is 9.59 Å². The molecule has 0 aliphatic rings. The van der Waals surface area contributed by atoms with Gasteiger partial charge in [0.1, 0.15) is 0 Å². The fourth-order valence-electron chi connectivity index (χ4n) is 1.47. The molecule has 1 aromatic heterocycles. The summed E-state index contributed by atoms with van der Waals surface area (Å²) in [5.74, 6) is -1.42. The van der Waals surface area contributed by atoms with E-state index in [1.54, 1.807) is 6.92 Å². The number of hydrogen-bond acceptors (Lipinski definition) is 6. The molecule has 4 N–H and O–H groups in total. The van der Waals surface area contributed by atoms with Crippen molar-refractivity contribution in [3.63, 3.8) is 0 Å². The third kappa shape index (κ3) is 3.04. The predicted molar refractivity (Wildman–Crippen MR) is 62.5 cm³/mol. The number of hydrogen-bond donors (Lipinski definition) is 2. The third-order valence-corrected chi connectivity index (χ3v) is 2.53. The minimum atomic E-state index is -0.573. The van der Waals surface area contributed by atoms with Gasteiger partial charge in [0.05, 0.1) is 25.3 Å². The highest BCUT2D eigenvalue weighted by molar-refractivity contribution is 5.88. The summed E-state index contributed by atoms with van der Waals surface area (Å²) >= 11 is 0. The largest absolute Gasteiger partial charge is 0.464 e. The van der Waals surface area contributed by atoms with Crippen LogP contribution in [-0.4, -0.2) is 40.5 Å². The van der Waals surface area contributed by atoms with Crippen LogP contribution in [0.4, 0.5) is 0 Å². The van der Waals surface area contributed by atoms with Crippen LogP contribution in [0.5, 0.6) is 0 Å². The van der Waals surface area contributed by atoms with Gasteiger partial charge >= 0.3 is 5.97 Å². The lowest BCUT2D eigenvalue weighted by atomic mass is 10.1. The maximum absolute atomic E-state index is 11.5. The van der Waals surface area contributed by atoms with Gasteiger partial charge < -0.3 is 16.2 Å². The first kappa shape index (κ1) is 14.1. The Morgan fingerprint density at radius 1 is 1.50 bits per heavy atom. The van der Waals surface area contributed by atoms with Crippen LogP contribution in [0.1, 0.15) is 23.1 Å². The van der Waals surface area contributed by atoms with E-state index in [-0.39, 0.29) is 12.2 Å². The minimum absolute atomic E-state index is 0.125. The maximum Gasteiger partial charge on any atom is 0.360 e. The van der Waals surface area contributed by atoms with Gasteiger partial charge in [-0.25, -0.2) is 9.48 Å². The smallest absolute Gasteiger partial charge is 0.360 e. The molecular weight excluding hydrogens is 238 g/mol. The molecule has 0 aliphatic carbocycles. The Bertz CT molecular complexity index is 443. The number of nitrogens with zero attached hydrogens (tertiary/aromatic N) is 3. The monoisotopic (exact) mass is 255 g/mol. The van der Waals surface area contributed by atoms with Crippen LogP contribution in [0.25, 0.3) is 0 Å². The molecule has 0 radical (unpaired) electrons. The van der Waals surface area contributed by atoms with Crippen molar-refractivity contribution in [1.82, 2.24) is 15.0 Å². The molecule has 0 saturated carbocycles. The maximum atomic E-state index is 11.5. The predicted octanol–water partition coefficient (Wildman–Crippen LogP) is -1.31. The van der Waals surface area contributed by atoms with E-state index >= 15 is 0 Å². The van der Waals surface area contributed by atoms with Gasteiger partial charge in [0.25, 0.3) is 0 Å². The number of esters is 1.